The van der Waals surface area contributed by atoms with Crippen LogP contribution in [0.5, 0.6) is 0 Å². The maximum Gasteiger partial charge on any atom is 0.311 e. The van der Waals surface area contributed by atoms with Crippen molar-refractivity contribution in [2.75, 3.05) is 23.4 Å². The first kappa shape index (κ1) is 18.9. The minimum atomic E-state index is -0.609. The minimum absolute atomic E-state index is 0.0464. The summed E-state index contributed by atoms with van der Waals surface area (Å²) in [5.41, 5.74) is 2.22. The average Bonchev–Trinajstić information content (AvgIpc) is 3.03. The fourth-order valence-electron chi connectivity index (χ4n) is 2.91. The molecule has 0 aliphatic carbocycles. The molecule has 1 fully saturated rings. The second-order valence-corrected chi connectivity index (χ2v) is 6.79. The Bertz CT molecular complexity index is 884. The molecule has 1 aliphatic heterocycles. The summed E-state index contributed by atoms with van der Waals surface area (Å²) in [6.45, 7) is 1.68. The van der Waals surface area contributed by atoms with Gasteiger partial charge in [-0.3, -0.25) is 14.4 Å². The lowest BCUT2D eigenvalue weighted by Gasteiger charge is -2.16. The minimum Gasteiger partial charge on any atom is -0.455 e. The van der Waals surface area contributed by atoms with Crippen LogP contribution >= 0.6 is 11.6 Å². The van der Waals surface area contributed by atoms with Crippen molar-refractivity contribution in [1.82, 2.24) is 0 Å². The van der Waals surface area contributed by atoms with Crippen molar-refractivity contribution in [1.29, 1.82) is 0 Å². The van der Waals surface area contributed by atoms with Crippen molar-refractivity contribution >= 4 is 40.8 Å². The molecular weight excluding hydrogens is 368 g/mol. The number of benzene rings is 2. The van der Waals surface area contributed by atoms with Gasteiger partial charge in [0.15, 0.2) is 6.61 Å². The van der Waals surface area contributed by atoms with Gasteiger partial charge in [-0.2, -0.15) is 0 Å². The van der Waals surface area contributed by atoms with Gasteiger partial charge in [0.1, 0.15) is 0 Å². The maximum absolute atomic E-state index is 12.3. The van der Waals surface area contributed by atoms with Gasteiger partial charge in [0.2, 0.25) is 5.91 Å². The number of carbonyl (C=O) groups excluding carboxylic acids is 3. The van der Waals surface area contributed by atoms with Crippen LogP contribution < -0.4 is 10.2 Å². The van der Waals surface area contributed by atoms with Gasteiger partial charge >= 0.3 is 5.97 Å². The first-order valence-electron chi connectivity index (χ1n) is 8.52. The molecule has 0 unspecified atom stereocenters. The first-order valence-corrected chi connectivity index (χ1v) is 8.90. The number of ether oxygens (including phenoxy) is 1. The van der Waals surface area contributed by atoms with Crippen LogP contribution in [0.2, 0.25) is 5.02 Å². The first-order chi connectivity index (χ1) is 12.9. The molecule has 2 aromatic rings. The van der Waals surface area contributed by atoms with Gasteiger partial charge < -0.3 is 15.0 Å². The van der Waals surface area contributed by atoms with Gasteiger partial charge in [0.05, 0.1) is 5.92 Å². The summed E-state index contributed by atoms with van der Waals surface area (Å²) in [7, 11) is 0. The third-order valence-electron chi connectivity index (χ3n) is 4.34. The number of esters is 1. The van der Waals surface area contributed by atoms with E-state index in [2.05, 4.69) is 5.32 Å². The molecule has 2 amide bonds. The van der Waals surface area contributed by atoms with Gasteiger partial charge in [-0.1, -0.05) is 35.9 Å². The number of para-hydroxylation sites is 1. The van der Waals surface area contributed by atoms with Crippen LogP contribution in [0.15, 0.2) is 48.5 Å². The summed E-state index contributed by atoms with van der Waals surface area (Å²) in [6.07, 6.45) is 0.0464. The van der Waals surface area contributed by atoms with Gasteiger partial charge in [-0.25, -0.2) is 0 Å². The highest BCUT2D eigenvalue weighted by atomic mass is 35.5. The maximum atomic E-state index is 12.3. The number of nitrogens with one attached hydrogen (secondary N) is 1. The third-order valence-corrected chi connectivity index (χ3v) is 4.58. The Kier molecular flexibility index (Phi) is 5.76. The number of hydrogen-bond donors (Lipinski definition) is 1. The highest BCUT2D eigenvalue weighted by Gasteiger charge is 2.36. The number of hydrogen-bond acceptors (Lipinski definition) is 4. The standard InChI is InChI=1S/C20H19ClN2O4/c1-13-5-2-3-8-17(13)22-18(24)12-27-20(26)14-9-19(25)23(11-14)16-7-4-6-15(21)10-16/h2-8,10,14H,9,11-12H2,1H3,(H,22,24)/t14-/m0/s1. The van der Waals surface area contributed by atoms with E-state index in [1.807, 2.05) is 25.1 Å². The van der Waals surface area contributed by atoms with E-state index in [4.69, 9.17) is 16.3 Å². The monoisotopic (exact) mass is 386 g/mol. The second kappa shape index (κ2) is 8.22. The molecule has 0 aromatic heterocycles. The number of aryl methyl sites for hydroxylation is 1. The lowest BCUT2D eigenvalue weighted by atomic mass is 10.1. The molecule has 6 nitrogen and oxygen atoms in total. The molecule has 1 saturated heterocycles. The molecule has 1 aliphatic rings. The topological polar surface area (TPSA) is 75.7 Å². The number of rotatable bonds is 5. The van der Waals surface area contributed by atoms with E-state index in [-0.39, 0.29) is 18.9 Å². The van der Waals surface area contributed by atoms with Crippen molar-refractivity contribution < 1.29 is 19.1 Å². The Morgan fingerprint density at radius 3 is 2.74 bits per heavy atom. The Morgan fingerprint density at radius 2 is 2.00 bits per heavy atom. The summed E-state index contributed by atoms with van der Waals surface area (Å²) >= 11 is 5.96. The molecule has 0 spiro atoms. The summed E-state index contributed by atoms with van der Waals surface area (Å²) in [5, 5.41) is 3.21. The van der Waals surface area contributed by atoms with E-state index in [0.29, 0.717) is 16.4 Å². The van der Waals surface area contributed by atoms with Crippen LogP contribution in [0, 0.1) is 12.8 Å². The molecule has 3 rings (SSSR count). The Balaban J connectivity index is 1.53. The van der Waals surface area contributed by atoms with E-state index < -0.39 is 24.4 Å². The van der Waals surface area contributed by atoms with E-state index >= 15 is 0 Å². The molecule has 1 atom stereocenters. The van der Waals surface area contributed by atoms with Gasteiger partial charge in [-0.05, 0) is 36.8 Å². The van der Waals surface area contributed by atoms with E-state index in [1.165, 1.54) is 4.90 Å². The van der Waals surface area contributed by atoms with Gasteiger partial charge in [0.25, 0.3) is 5.91 Å². The zero-order valence-electron chi connectivity index (χ0n) is 14.8. The molecule has 0 bridgehead atoms. The smallest absolute Gasteiger partial charge is 0.311 e. The number of carbonyl (C=O) groups is 3. The molecule has 27 heavy (non-hydrogen) atoms. The molecule has 0 saturated carbocycles. The summed E-state index contributed by atoms with van der Waals surface area (Å²) in [6, 6.07) is 14.2. The zero-order chi connectivity index (χ0) is 19.4. The number of nitrogens with zero attached hydrogens (tertiary/aromatic N) is 1. The molecular formula is C20H19ClN2O4. The number of amides is 2. The van der Waals surface area contributed by atoms with Gasteiger partial charge in [0, 0.05) is 29.4 Å². The molecule has 1 N–H and O–H groups in total. The van der Waals surface area contributed by atoms with Gasteiger partial charge in [-0.15, -0.1) is 0 Å². The third kappa shape index (κ3) is 4.65. The SMILES string of the molecule is Cc1ccccc1NC(=O)COC(=O)[C@H]1CC(=O)N(c2cccc(Cl)c2)C1. The highest BCUT2D eigenvalue weighted by molar-refractivity contribution is 6.31. The predicted molar refractivity (Wildman–Crippen MR) is 103 cm³/mol. The van der Waals surface area contributed by atoms with Crippen LogP contribution in [0.1, 0.15) is 12.0 Å². The van der Waals surface area contributed by atoms with Crippen LogP contribution in [0.25, 0.3) is 0 Å². The van der Waals surface area contributed by atoms with Crippen molar-refractivity contribution in [2.45, 2.75) is 13.3 Å². The lowest BCUT2D eigenvalue weighted by molar-refractivity contribution is -0.151. The summed E-state index contributed by atoms with van der Waals surface area (Å²) in [4.78, 5) is 38.0. The summed E-state index contributed by atoms with van der Waals surface area (Å²) < 4.78 is 5.10. The number of halogens is 1. The van der Waals surface area contributed by atoms with Crippen LogP contribution in [0.4, 0.5) is 11.4 Å². The highest BCUT2D eigenvalue weighted by Crippen LogP contribution is 2.27. The summed E-state index contributed by atoms with van der Waals surface area (Å²) in [5.74, 6) is -1.77. The average molecular weight is 387 g/mol. The van der Waals surface area contributed by atoms with Crippen LogP contribution in [0.3, 0.4) is 0 Å². The van der Waals surface area contributed by atoms with Crippen molar-refractivity contribution in [3.05, 3.63) is 59.1 Å². The Hall–Kier alpha value is -2.86. The Morgan fingerprint density at radius 1 is 1.22 bits per heavy atom. The van der Waals surface area contributed by atoms with Crippen molar-refractivity contribution in [2.24, 2.45) is 5.92 Å². The largest absolute Gasteiger partial charge is 0.455 e. The Labute approximate surface area is 162 Å². The fourth-order valence-corrected chi connectivity index (χ4v) is 3.10. The van der Waals surface area contributed by atoms with Crippen molar-refractivity contribution in [3.63, 3.8) is 0 Å². The molecule has 2 aromatic carbocycles. The predicted octanol–water partition coefficient (Wildman–Crippen LogP) is 3.18. The van der Waals surface area contributed by atoms with E-state index in [0.717, 1.165) is 5.56 Å². The zero-order valence-corrected chi connectivity index (χ0v) is 15.5. The normalized spacial score (nSPS) is 16.3. The number of anilines is 2. The molecule has 140 valence electrons. The quantitative estimate of drug-likeness (QED) is 0.801. The van der Waals surface area contributed by atoms with Crippen LogP contribution in [-0.2, 0) is 19.1 Å². The molecule has 1 heterocycles. The molecule has 7 heteroatoms. The van der Waals surface area contributed by atoms with E-state index in [9.17, 15) is 14.4 Å². The van der Waals surface area contributed by atoms with E-state index in [1.54, 1.807) is 30.3 Å². The second-order valence-electron chi connectivity index (χ2n) is 6.36. The lowest BCUT2D eigenvalue weighted by Crippen LogP contribution is -2.28. The molecule has 0 radical (unpaired) electrons. The fraction of sp³-hybridized carbons (Fsp3) is 0.250. The van der Waals surface area contributed by atoms with Crippen LogP contribution in [-0.4, -0.2) is 30.9 Å². The van der Waals surface area contributed by atoms with Crippen molar-refractivity contribution in [3.8, 4) is 0 Å².